The number of hydrogen-bond acceptors (Lipinski definition) is 3. The molecule has 1 fully saturated rings. The number of carboxylic acid groups (broad SMARTS) is 1. The van der Waals surface area contributed by atoms with Gasteiger partial charge in [-0.1, -0.05) is 19.3 Å². The van der Waals surface area contributed by atoms with E-state index in [2.05, 4.69) is 0 Å². The highest BCUT2D eigenvalue weighted by Crippen LogP contribution is 2.37. The van der Waals surface area contributed by atoms with Gasteiger partial charge in [0.25, 0.3) is 0 Å². The first-order valence-corrected chi connectivity index (χ1v) is 6.83. The van der Waals surface area contributed by atoms with Gasteiger partial charge in [-0.2, -0.15) is 0 Å². The maximum atomic E-state index is 11.1. The Bertz CT molecular complexity index is 479. The van der Waals surface area contributed by atoms with Crippen LogP contribution in [0.4, 0.5) is 0 Å². The van der Waals surface area contributed by atoms with E-state index in [-0.39, 0.29) is 17.4 Å². The summed E-state index contributed by atoms with van der Waals surface area (Å²) in [5, 5.41) is 19.2. The summed E-state index contributed by atoms with van der Waals surface area (Å²) in [5.41, 5.74) is 7.59. The topological polar surface area (TPSA) is 83.5 Å². The number of hydrogen-bond donors (Lipinski definition) is 3. The van der Waals surface area contributed by atoms with Gasteiger partial charge in [0.05, 0.1) is 5.56 Å². The van der Waals surface area contributed by atoms with E-state index < -0.39 is 5.97 Å². The van der Waals surface area contributed by atoms with Gasteiger partial charge in [0.1, 0.15) is 5.75 Å². The molecule has 1 aliphatic rings. The van der Waals surface area contributed by atoms with Crippen LogP contribution in [-0.2, 0) is 0 Å². The van der Waals surface area contributed by atoms with Crippen molar-refractivity contribution in [3.63, 3.8) is 0 Å². The first-order chi connectivity index (χ1) is 9.00. The van der Waals surface area contributed by atoms with E-state index in [0.29, 0.717) is 17.0 Å². The highest BCUT2D eigenvalue weighted by Gasteiger charge is 2.25. The molecule has 1 atom stereocenters. The van der Waals surface area contributed by atoms with Crippen molar-refractivity contribution >= 4 is 5.97 Å². The summed E-state index contributed by atoms with van der Waals surface area (Å²) in [6.45, 7) is 1.71. The minimum atomic E-state index is -0.986. The van der Waals surface area contributed by atoms with Gasteiger partial charge in [-0.15, -0.1) is 0 Å². The van der Waals surface area contributed by atoms with E-state index in [0.717, 1.165) is 25.7 Å². The Balaban J connectivity index is 2.34. The Morgan fingerprint density at radius 1 is 1.32 bits per heavy atom. The monoisotopic (exact) mass is 263 g/mol. The molecule has 2 rings (SSSR count). The van der Waals surface area contributed by atoms with Crippen LogP contribution in [0.1, 0.15) is 59.6 Å². The van der Waals surface area contributed by atoms with Crippen molar-refractivity contribution in [3.8, 4) is 5.75 Å². The molecule has 0 aromatic heterocycles. The maximum absolute atomic E-state index is 11.1. The zero-order valence-electron chi connectivity index (χ0n) is 11.2. The molecule has 0 unspecified atom stereocenters. The summed E-state index contributed by atoms with van der Waals surface area (Å²) in [6, 6.07) is 2.72. The van der Waals surface area contributed by atoms with Crippen molar-refractivity contribution in [1.82, 2.24) is 0 Å². The minimum absolute atomic E-state index is 0.142. The average molecular weight is 263 g/mol. The predicted molar refractivity (Wildman–Crippen MR) is 73.3 cm³/mol. The largest absolute Gasteiger partial charge is 0.507 e. The Hall–Kier alpha value is -1.55. The van der Waals surface area contributed by atoms with Gasteiger partial charge in [-0.3, -0.25) is 0 Å². The third-order valence-electron chi connectivity index (χ3n) is 4.09. The molecule has 1 aromatic carbocycles. The number of aromatic hydroxyl groups is 1. The summed E-state index contributed by atoms with van der Waals surface area (Å²) < 4.78 is 0. The Morgan fingerprint density at radius 2 is 1.95 bits per heavy atom. The van der Waals surface area contributed by atoms with Gasteiger partial charge in [0.15, 0.2) is 0 Å². The van der Waals surface area contributed by atoms with Crippen molar-refractivity contribution in [2.75, 3.05) is 0 Å². The van der Waals surface area contributed by atoms with E-state index in [9.17, 15) is 9.90 Å². The molecule has 0 amide bonds. The van der Waals surface area contributed by atoms with Crippen LogP contribution < -0.4 is 5.73 Å². The van der Waals surface area contributed by atoms with Crippen LogP contribution in [-0.4, -0.2) is 16.2 Å². The second kappa shape index (κ2) is 5.61. The Morgan fingerprint density at radius 3 is 2.53 bits per heavy atom. The molecule has 0 saturated heterocycles. The zero-order valence-corrected chi connectivity index (χ0v) is 11.2. The van der Waals surface area contributed by atoms with Crippen LogP contribution in [0.5, 0.6) is 5.75 Å². The van der Waals surface area contributed by atoms with Crippen LogP contribution >= 0.6 is 0 Å². The number of carboxylic acids is 1. The summed E-state index contributed by atoms with van der Waals surface area (Å²) in [5.74, 6) is -0.508. The molecule has 1 aromatic rings. The fraction of sp³-hybridized carbons (Fsp3) is 0.533. The first kappa shape index (κ1) is 13.9. The van der Waals surface area contributed by atoms with Gasteiger partial charge in [0.2, 0.25) is 0 Å². The summed E-state index contributed by atoms with van der Waals surface area (Å²) >= 11 is 0. The number of aryl methyl sites for hydroxylation is 1. The molecule has 4 N–H and O–H groups in total. The third kappa shape index (κ3) is 2.89. The lowest BCUT2D eigenvalue weighted by Gasteiger charge is -2.28. The van der Waals surface area contributed by atoms with Crippen LogP contribution in [0.3, 0.4) is 0 Å². The molecule has 0 spiro atoms. The molecule has 0 heterocycles. The Labute approximate surface area is 113 Å². The lowest BCUT2D eigenvalue weighted by Crippen LogP contribution is -2.24. The van der Waals surface area contributed by atoms with E-state index in [1.165, 1.54) is 18.6 Å². The third-order valence-corrected chi connectivity index (χ3v) is 4.09. The number of phenolic OH excluding ortho intramolecular Hbond substituents is 1. The standard InChI is InChI=1S/C15H21NO3/c1-9-7-11(15(18)19)8-12(14(9)17)13(16)10-5-3-2-4-6-10/h7-8,10,13,17H,2-6,16H2,1H3,(H,18,19)/t13-/m1/s1. The predicted octanol–water partition coefficient (Wildman–Crippen LogP) is 2.98. The molecule has 4 heteroatoms. The molecule has 104 valence electrons. The molecular formula is C15H21NO3. The first-order valence-electron chi connectivity index (χ1n) is 6.83. The van der Waals surface area contributed by atoms with Gasteiger partial charge in [-0.05, 0) is 43.4 Å². The van der Waals surface area contributed by atoms with E-state index >= 15 is 0 Å². The second-order valence-corrected chi connectivity index (χ2v) is 5.46. The molecule has 0 bridgehead atoms. The number of carbonyl (C=O) groups is 1. The number of nitrogens with two attached hydrogens (primary N) is 1. The fourth-order valence-corrected chi connectivity index (χ4v) is 2.93. The molecule has 4 nitrogen and oxygen atoms in total. The van der Waals surface area contributed by atoms with Crippen LogP contribution in [0.2, 0.25) is 0 Å². The van der Waals surface area contributed by atoms with Crippen LogP contribution in [0.25, 0.3) is 0 Å². The molecular weight excluding hydrogens is 242 g/mol. The molecule has 19 heavy (non-hydrogen) atoms. The van der Waals surface area contributed by atoms with E-state index in [4.69, 9.17) is 10.8 Å². The molecule has 1 saturated carbocycles. The highest BCUT2D eigenvalue weighted by atomic mass is 16.4. The minimum Gasteiger partial charge on any atom is -0.507 e. The fourth-order valence-electron chi connectivity index (χ4n) is 2.93. The summed E-state index contributed by atoms with van der Waals surface area (Å²) in [4.78, 5) is 11.1. The smallest absolute Gasteiger partial charge is 0.335 e. The lowest BCUT2D eigenvalue weighted by atomic mass is 9.80. The molecule has 1 aliphatic carbocycles. The molecule has 0 aliphatic heterocycles. The normalized spacial score (nSPS) is 18.2. The zero-order chi connectivity index (χ0) is 14.0. The summed E-state index contributed by atoms with van der Waals surface area (Å²) in [6.07, 6.45) is 5.67. The number of aromatic carboxylic acids is 1. The number of phenols is 1. The SMILES string of the molecule is Cc1cc(C(=O)O)cc([C@H](N)C2CCCCC2)c1O. The van der Waals surface area contributed by atoms with Crippen LogP contribution in [0, 0.1) is 12.8 Å². The van der Waals surface area contributed by atoms with E-state index in [1.807, 2.05) is 0 Å². The van der Waals surface area contributed by atoms with Crippen molar-refractivity contribution in [2.24, 2.45) is 11.7 Å². The second-order valence-electron chi connectivity index (χ2n) is 5.46. The van der Waals surface area contributed by atoms with Crippen LogP contribution in [0.15, 0.2) is 12.1 Å². The van der Waals surface area contributed by atoms with Crippen molar-refractivity contribution in [2.45, 2.75) is 45.1 Å². The van der Waals surface area contributed by atoms with Crippen molar-refractivity contribution in [1.29, 1.82) is 0 Å². The quantitative estimate of drug-likeness (QED) is 0.782. The average Bonchev–Trinajstić information content (AvgIpc) is 2.41. The van der Waals surface area contributed by atoms with Gasteiger partial charge in [-0.25, -0.2) is 4.79 Å². The van der Waals surface area contributed by atoms with Gasteiger partial charge < -0.3 is 15.9 Å². The number of rotatable bonds is 3. The van der Waals surface area contributed by atoms with Gasteiger partial charge in [0, 0.05) is 11.6 Å². The van der Waals surface area contributed by atoms with Gasteiger partial charge >= 0.3 is 5.97 Å². The summed E-state index contributed by atoms with van der Waals surface area (Å²) in [7, 11) is 0. The highest BCUT2D eigenvalue weighted by molar-refractivity contribution is 5.88. The van der Waals surface area contributed by atoms with Crippen molar-refractivity contribution in [3.05, 3.63) is 28.8 Å². The lowest BCUT2D eigenvalue weighted by molar-refractivity contribution is 0.0696. The Kier molecular flexibility index (Phi) is 4.10. The molecule has 0 radical (unpaired) electrons. The number of benzene rings is 1. The van der Waals surface area contributed by atoms with E-state index in [1.54, 1.807) is 6.92 Å². The van der Waals surface area contributed by atoms with Crippen molar-refractivity contribution < 1.29 is 15.0 Å². The maximum Gasteiger partial charge on any atom is 0.335 e.